The molecule has 1 fully saturated rings. The summed E-state index contributed by atoms with van der Waals surface area (Å²) >= 11 is 0. The predicted octanol–water partition coefficient (Wildman–Crippen LogP) is 1.57. The number of aliphatic carboxylic acids is 1. The summed E-state index contributed by atoms with van der Waals surface area (Å²) in [5.41, 5.74) is 0.655. The zero-order valence-corrected chi connectivity index (χ0v) is 11.1. The van der Waals surface area contributed by atoms with Crippen LogP contribution in [-0.4, -0.2) is 36.9 Å². The van der Waals surface area contributed by atoms with Gasteiger partial charge in [0.25, 0.3) is 0 Å². The molecule has 1 aliphatic heterocycles. The van der Waals surface area contributed by atoms with E-state index in [-0.39, 0.29) is 4.90 Å². The van der Waals surface area contributed by atoms with Crippen molar-refractivity contribution in [3.8, 4) is 0 Å². The van der Waals surface area contributed by atoms with Gasteiger partial charge in [0, 0.05) is 19.2 Å². The van der Waals surface area contributed by atoms with Gasteiger partial charge in [0.1, 0.15) is 0 Å². The number of sulfonamides is 1. The molecule has 1 heterocycles. The molecule has 1 N–H and O–H groups in total. The van der Waals surface area contributed by atoms with Crippen LogP contribution in [-0.2, 0) is 14.8 Å². The number of carboxylic acid groups (broad SMARTS) is 1. The lowest BCUT2D eigenvalue weighted by Gasteiger charge is -2.15. The SMILES string of the molecule is O=C(O)C=Cc1ccc(S(=O)(=O)N2CCCC2)cc1. The lowest BCUT2D eigenvalue weighted by Crippen LogP contribution is -2.27. The van der Waals surface area contributed by atoms with Crippen LogP contribution < -0.4 is 0 Å². The van der Waals surface area contributed by atoms with E-state index in [1.165, 1.54) is 22.5 Å². The summed E-state index contributed by atoms with van der Waals surface area (Å²) in [7, 11) is -3.39. The van der Waals surface area contributed by atoms with E-state index in [0.29, 0.717) is 18.7 Å². The summed E-state index contributed by atoms with van der Waals surface area (Å²) in [6.07, 6.45) is 4.25. The van der Waals surface area contributed by atoms with E-state index in [2.05, 4.69) is 0 Å². The monoisotopic (exact) mass is 281 g/mol. The van der Waals surface area contributed by atoms with Crippen molar-refractivity contribution >= 4 is 22.1 Å². The molecule has 5 nitrogen and oxygen atoms in total. The topological polar surface area (TPSA) is 74.7 Å². The maximum absolute atomic E-state index is 12.2. The molecule has 6 heteroatoms. The zero-order chi connectivity index (χ0) is 13.9. The molecule has 1 aromatic carbocycles. The second-order valence-corrected chi connectivity index (χ2v) is 6.29. The van der Waals surface area contributed by atoms with Crippen LogP contribution in [0.15, 0.2) is 35.2 Å². The van der Waals surface area contributed by atoms with Gasteiger partial charge in [0.05, 0.1) is 4.90 Å². The van der Waals surface area contributed by atoms with E-state index in [4.69, 9.17) is 5.11 Å². The van der Waals surface area contributed by atoms with Gasteiger partial charge in [-0.1, -0.05) is 12.1 Å². The number of rotatable bonds is 4. The molecule has 0 bridgehead atoms. The van der Waals surface area contributed by atoms with Gasteiger partial charge in [-0.15, -0.1) is 0 Å². The minimum Gasteiger partial charge on any atom is -0.478 e. The maximum Gasteiger partial charge on any atom is 0.328 e. The third-order valence-electron chi connectivity index (χ3n) is 3.00. The number of hydrogen-bond acceptors (Lipinski definition) is 3. The van der Waals surface area contributed by atoms with E-state index in [1.807, 2.05) is 0 Å². The van der Waals surface area contributed by atoms with Crippen LogP contribution in [0, 0.1) is 0 Å². The summed E-state index contributed by atoms with van der Waals surface area (Å²) in [6, 6.07) is 6.22. The number of hydrogen-bond donors (Lipinski definition) is 1. The van der Waals surface area contributed by atoms with Crippen LogP contribution in [0.5, 0.6) is 0 Å². The van der Waals surface area contributed by atoms with E-state index in [0.717, 1.165) is 18.9 Å². The highest BCUT2D eigenvalue weighted by atomic mass is 32.2. The van der Waals surface area contributed by atoms with Gasteiger partial charge in [-0.25, -0.2) is 13.2 Å². The quantitative estimate of drug-likeness (QED) is 0.850. The molecule has 1 aromatic rings. The molecule has 0 atom stereocenters. The van der Waals surface area contributed by atoms with Crippen LogP contribution >= 0.6 is 0 Å². The predicted molar refractivity (Wildman–Crippen MR) is 71.1 cm³/mol. The molecule has 19 heavy (non-hydrogen) atoms. The van der Waals surface area contributed by atoms with E-state index < -0.39 is 16.0 Å². The van der Waals surface area contributed by atoms with Crippen molar-refractivity contribution in [1.82, 2.24) is 4.31 Å². The lowest BCUT2D eigenvalue weighted by molar-refractivity contribution is -0.131. The van der Waals surface area contributed by atoms with Gasteiger partial charge in [-0.05, 0) is 36.6 Å². The Hall–Kier alpha value is -1.66. The minimum atomic E-state index is -3.39. The van der Waals surface area contributed by atoms with Gasteiger partial charge in [0.15, 0.2) is 0 Å². The highest BCUT2D eigenvalue weighted by Gasteiger charge is 2.26. The minimum absolute atomic E-state index is 0.252. The number of carbonyl (C=O) groups is 1. The molecule has 0 saturated carbocycles. The largest absolute Gasteiger partial charge is 0.478 e. The highest BCUT2D eigenvalue weighted by molar-refractivity contribution is 7.89. The fourth-order valence-corrected chi connectivity index (χ4v) is 3.51. The molecule has 1 aliphatic rings. The van der Waals surface area contributed by atoms with Gasteiger partial charge >= 0.3 is 5.97 Å². The fourth-order valence-electron chi connectivity index (χ4n) is 2.00. The summed E-state index contributed by atoms with van der Waals surface area (Å²) in [5, 5.41) is 8.51. The third kappa shape index (κ3) is 3.21. The van der Waals surface area contributed by atoms with Crippen molar-refractivity contribution in [2.24, 2.45) is 0 Å². The molecular formula is C13H15NO4S. The van der Waals surface area contributed by atoms with Gasteiger partial charge in [-0.2, -0.15) is 4.31 Å². The third-order valence-corrected chi connectivity index (χ3v) is 4.91. The Morgan fingerprint density at radius 1 is 1.16 bits per heavy atom. The standard InChI is InChI=1S/C13H15NO4S/c15-13(16)8-5-11-3-6-12(7-4-11)19(17,18)14-9-1-2-10-14/h3-8H,1-2,9-10H2,(H,15,16). The second kappa shape index (κ2) is 5.54. The van der Waals surface area contributed by atoms with Gasteiger partial charge in [0.2, 0.25) is 10.0 Å². The van der Waals surface area contributed by atoms with Crippen LogP contribution in [0.4, 0.5) is 0 Å². The average molecular weight is 281 g/mol. The number of carboxylic acids is 1. The van der Waals surface area contributed by atoms with Crippen molar-refractivity contribution in [2.75, 3.05) is 13.1 Å². The Morgan fingerprint density at radius 2 is 1.74 bits per heavy atom. The Kier molecular flexibility index (Phi) is 4.01. The Balaban J connectivity index is 2.20. The lowest BCUT2D eigenvalue weighted by atomic mass is 10.2. The first-order valence-corrected chi connectivity index (χ1v) is 7.45. The van der Waals surface area contributed by atoms with Crippen LogP contribution in [0.2, 0.25) is 0 Å². The van der Waals surface area contributed by atoms with Crippen molar-refractivity contribution in [3.63, 3.8) is 0 Å². The molecule has 2 rings (SSSR count). The van der Waals surface area contributed by atoms with E-state index in [9.17, 15) is 13.2 Å². The summed E-state index contributed by atoms with van der Waals surface area (Å²) in [6.45, 7) is 1.14. The van der Waals surface area contributed by atoms with Crippen molar-refractivity contribution in [2.45, 2.75) is 17.7 Å². The van der Waals surface area contributed by atoms with Crippen LogP contribution in [0.1, 0.15) is 18.4 Å². The van der Waals surface area contributed by atoms with Crippen molar-refractivity contribution in [3.05, 3.63) is 35.9 Å². The van der Waals surface area contributed by atoms with Gasteiger partial charge in [-0.3, -0.25) is 0 Å². The Morgan fingerprint density at radius 3 is 2.26 bits per heavy atom. The van der Waals surface area contributed by atoms with E-state index in [1.54, 1.807) is 12.1 Å². The van der Waals surface area contributed by atoms with Crippen LogP contribution in [0.3, 0.4) is 0 Å². The first-order valence-electron chi connectivity index (χ1n) is 6.01. The molecule has 0 spiro atoms. The molecule has 0 aliphatic carbocycles. The Bertz CT molecular complexity index is 584. The number of nitrogens with zero attached hydrogens (tertiary/aromatic N) is 1. The molecule has 0 unspecified atom stereocenters. The molecule has 1 saturated heterocycles. The summed E-state index contributed by atoms with van der Waals surface area (Å²) in [4.78, 5) is 10.6. The normalized spacial score (nSPS) is 17.1. The fraction of sp³-hybridized carbons (Fsp3) is 0.308. The summed E-state index contributed by atoms with van der Waals surface area (Å²) < 4.78 is 25.9. The first kappa shape index (κ1) is 13.8. The smallest absolute Gasteiger partial charge is 0.328 e. The molecular weight excluding hydrogens is 266 g/mol. The molecule has 0 amide bonds. The average Bonchev–Trinajstić information content (AvgIpc) is 2.91. The van der Waals surface area contributed by atoms with Crippen molar-refractivity contribution < 1.29 is 18.3 Å². The zero-order valence-electron chi connectivity index (χ0n) is 10.3. The van der Waals surface area contributed by atoms with Crippen molar-refractivity contribution in [1.29, 1.82) is 0 Å². The van der Waals surface area contributed by atoms with Gasteiger partial charge < -0.3 is 5.11 Å². The Labute approximate surface area is 112 Å². The first-order chi connectivity index (χ1) is 9.00. The van der Waals surface area contributed by atoms with Crippen LogP contribution in [0.25, 0.3) is 6.08 Å². The molecule has 0 radical (unpaired) electrons. The summed E-state index contributed by atoms with van der Waals surface area (Å²) in [5.74, 6) is -1.03. The second-order valence-electron chi connectivity index (χ2n) is 4.35. The molecule has 0 aromatic heterocycles. The highest BCUT2D eigenvalue weighted by Crippen LogP contribution is 2.21. The van der Waals surface area contributed by atoms with E-state index >= 15 is 0 Å². The number of benzene rings is 1. The maximum atomic E-state index is 12.2. The molecule has 102 valence electrons.